The highest BCUT2D eigenvalue weighted by Gasteiger charge is 2.08. The van der Waals surface area contributed by atoms with Crippen LogP contribution in [-0.2, 0) is 4.74 Å². The second-order valence-electron chi connectivity index (χ2n) is 4.70. The number of ether oxygens (including phenoxy) is 1. The molecule has 3 heteroatoms. The summed E-state index contributed by atoms with van der Waals surface area (Å²) in [4.78, 5) is 0. The predicted octanol–water partition coefficient (Wildman–Crippen LogP) is 1.55. The van der Waals surface area contributed by atoms with E-state index in [9.17, 15) is 0 Å². The van der Waals surface area contributed by atoms with Gasteiger partial charge in [0.1, 0.15) is 0 Å². The lowest BCUT2D eigenvalue weighted by atomic mass is 10.2. The quantitative estimate of drug-likeness (QED) is 0.617. The van der Waals surface area contributed by atoms with E-state index in [1.54, 1.807) is 0 Å². The van der Waals surface area contributed by atoms with E-state index in [4.69, 9.17) is 9.84 Å². The van der Waals surface area contributed by atoms with E-state index in [-0.39, 0.29) is 11.7 Å². The van der Waals surface area contributed by atoms with E-state index >= 15 is 0 Å². The maximum atomic E-state index is 9.01. The average Bonchev–Trinajstić information content (AvgIpc) is 2.00. The van der Waals surface area contributed by atoms with Crippen molar-refractivity contribution in [1.82, 2.24) is 5.32 Å². The van der Waals surface area contributed by atoms with Crippen LogP contribution in [0.3, 0.4) is 0 Å². The minimum Gasteiger partial charge on any atom is -0.393 e. The molecule has 0 aromatic carbocycles. The molecule has 0 rings (SSSR count). The van der Waals surface area contributed by atoms with E-state index in [1.807, 2.05) is 6.92 Å². The first-order valence-electron chi connectivity index (χ1n) is 5.44. The molecule has 0 fully saturated rings. The van der Waals surface area contributed by atoms with E-state index in [1.165, 1.54) is 0 Å². The SMILES string of the molecule is CC(O)CCCNCCOC(C)(C)C. The molecule has 0 bridgehead atoms. The Kier molecular flexibility index (Phi) is 7.15. The smallest absolute Gasteiger partial charge is 0.0599 e. The molecule has 0 aliphatic heterocycles. The summed E-state index contributed by atoms with van der Waals surface area (Å²) < 4.78 is 5.55. The summed E-state index contributed by atoms with van der Waals surface area (Å²) in [6.45, 7) is 10.6. The molecule has 14 heavy (non-hydrogen) atoms. The Hall–Kier alpha value is -0.120. The summed E-state index contributed by atoms with van der Waals surface area (Å²) in [7, 11) is 0. The topological polar surface area (TPSA) is 41.5 Å². The average molecular weight is 203 g/mol. The highest BCUT2D eigenvalue weighted by atomic mass is 16.5. The Morgan fingerprint density at radius 3 is 2.43 bits per heavy atom. The fraction of sp³-hybridized carbons (Fsp3) is 1.00. The van der Waals surface area contributed by atoms with Crippen LogP contribution in [0, 0.1) is 0 Å². The van der Waals surface area contributed by atoms with Crippen LogP contribution in [0.15, 0.2) is 0 Å². The van der Waals surface area contributed by atoms with Crippen molar-refractivity contribution in [2.24, 2.45) is 0 Å². The van der Waals surface area contributed by atoms with Gasteiger partial charge in [0.2, 0.25) is 0 Å². The number of hydrogen-bond acceptors (Lipinski definition) is 3. The summed E-state index contributed by atoms with van der Waals surface area (Å²) in [5, 5.41) is 12.3. The second kappa shape index (κ2) is 7.21. The molecule has 86 valence electrons. The number of hydrogen-bond donors (Lipinski definition) is 2. The second-order valence-corrected chi connectivity index (χ2v) is 4.70. The molecule has 0 radical (unpaired) electrons. The molecular weight excluding hydrogens is 178 g/mol. The van der Waals surface area contributed by atoms with Gasteiger partial charge in [-0.15, -0.1) is 0 Å². The molecule has 3 nitrogen and oxygen atoms in total. The third-order valence-electron chi connectivity index (χ3n) is 1.79. The van der Waals surface area contributed by atoms with Crippen molar-refractivity contribution in [1.29, 1.82) is 0 Å². The first-order chi connectivity index (χ1) is 6.42. The summed E-state index contributed by atoms with van der Waals surface area (Å²) in [5.41, 5.74) is -0.0404. The predicted molar refractivity (Wildman–Crippen MR) is 59.5 cm³/mol. The standard InChI is InChI=1S/C11H25NO2/c1-10(13)6-5-7-12-8-9-14-11(2,3)4/h10,12-13H,5-9H2,1-4H3. The third-order valence-corrected chi connectivity index (χ3v) is 1.79. The van der Waals surface area contributed by atoms with Crippen LogP contribution in [0.1, 0.15) is 40.5 Å². The van der Waals surface area contributed by atoms with Gasteiger partial charge in [-0.05, 0) is 47.1 Å². The molecule has 2 N–H and O–H groups in total. The lowest BCUT2D eigenvalue weighted by Gasteiger charge is -2.19. The van der Waals surface area contributed by atoms with Gasteiger partial charge < -0.3 is 15.2 Å². The van der Waals surface area contributed by atoms with Gasteiger partial charge in [0.15, 0.2) is 0 Å². The van der Waals surface area contributed by atoms with Crippen molar-refractivity contribution in [3.05, 3.63) is 0 Å². The fourth-order valence-corrected chi connectivity index (χ4v) is 1.08. The van der Waals surface area contributed by atoms with E-state index in [0.717, 1.165) is 32.5 Å². The number of rotatable bonds is 7. The number of aliphatic hydroxyl groups is 1. The molecule has 0 aromatic rings. The molecule has 0 heterocycles. The molecule has 0 amide bonds. The van der Waals surface area contributed by atoms with Gasteiger partial charge >= 0.3 is 0 Å². The van der Waals surface area contributed by atoms with E-state index in [2.05, 4.69) is 26.1 Å². The lowest BCUT2D eigenvalue weighted by molar-refractivity contribution is -0.000790. The Balaban J connectivity index is 3.07. The van der Waals surface area contributed by atoms with E-state index < -0.39 is 0 Å². The van der Waals surface area contributed by atoms with Crippen molar-refractivity contribution in [2.45, 2.75) is 52.2 Å². The molecule has 1 atom stereocenters. The molecule has 0 spiro atoms. The Morgan fingerprint density at radius 1 is 1.29 bits per heavy atom. The van der Waals surface area contributed by atoms with Crippen molar-refractivity contribution >= 4 is 0 Å². The first-order valence-corrected chi connectivity index (χ1v) is 5.44. The van der Waals surface area contributed by atoms with Gasteiger partial charge in [0.25, 0.3) is 0 Å². The highest BCUT2D eigenvalue weighted by molar-refractivity contribution is 4.59. The largest absolute Gasteiger partial charge is 0.393 e. The maximum Gasteiger partial charge on any atom is 0.0599 e. The molecular formula is C11H25NO2. The van der Waals surface area contributed by atoms with Crippen LogP contribution in [0.4, 0.5) is 0 Å². The monoisotopic (exact) mass is 203 g/mol. The number of aliphatic hydroxyl groups excluding tert-OH is 1. The molecule has 0 aliphatic rings. The Labute approximate surface area is 87.8 Å². The van der Waals surface area contributed by atoms with Gasteiger partial charge in [-0.1, -0.05) is 0 Å². The molecule has 0 aliphatic carbocycles. The van der Waals surface area contributed by atoms with Gasteiger partial charge in [0, 0.05) is 6.54 Å². The maximum absolute atomic E-state index is 9.01. The van der Waals surface area contributed by atoms with Crippen LogP contribution < -0.4 is 5.32 Å². The fourth-order valence-electron chi connectivity index (χ4n) is 1.08. The van der Waals surface area contributed by atoms with Gasteiger partial charge in [-0.2, -0.15) is 0 Å². The van der Waals surface area contributed by atoms with Gasteiger partial charge in [0.05, 0.1) is 18.3 Å². The van der Waals surface area contributed by atoms with Crippen molar-refractivity contribution in [3.8, 4) is 0 Å². The van der Waals surface area contributed by atoms with Crippen molar-refractivity contribution in [2.75, 3.05) is 19.7 Å². The van der Waals surface area contributed by atoms with Crippen LogP contribution >= 0.6 is 0 Å². The molecule has 0 aromatic heterocycles. The third kappa shape index (κ3) is 11.9. The van der Waals surface area contributed by atoms with Crippen molar-refractivity contribution < 1.29 is 9.84 Å². The molecule has 0 saturated carbocycles. The Morgan fingerprint density at radius 2 is 1.93 bits per heavy atom. The minimum atomic E-state index is -0.178. The highest BCUT2D eigenvalue weighted by Crippen LogP contribution is 2.04. The molecule has 0 saturated heterocycles. The van der Waals surface area contributed by atoms with Crippen LogP contribution in [0.25, 0.3) is 0 Å². The number of nitrogens with one attached hydrogen (secondary N) is 1. The summed E-state index contributed by atoms with van der Waals surface area (Å²) in [6, 6.07) is 0. The summed E-state index contributed by atoms with van der Waals surface area (Å²) in [6.07, 6.45) is 1.71. The zero-order valence-corrected chi connectivity index (χ0v) is 9.97. The zero-order valence-electron chi connectivity index (χ0n) is 9.97. The van der Waals surface area contributed by atoms with Crippen molar-refractivity contribution in [3.63, 3.8) is 0 Å². The first kappa shape index (κ1) is 13.9. The molecule has 1 unspecified atom stereocenters. The van der Waals surface area contributed by atoms with Crippen LogP contribution in [0.5, 0.6) is 0 Å². The lowest BCUT2D eigenvalue weighted by Crippen LogP contribution is -2.27. The minimum absolute atomic E-state index is 0.0404. The van der Waals surface area contributed by atoms with Crippen LogP contribution in [-0.4, -0.2) is 36.5 Å². The van der Waals surface area contributed by atoms with E-state index in [0.29, 0.717) is 0 Å². The van der Waals surface area contributed by atoms with Crippen LogP contribution in [0.2, 0.25) is 0 Å². The zero-order chi connectivity index (χ0) is 11.0. The summed E-state index contributed by atoms with van der Waals surface area (Å²) in [5.74, 6) is 0. The van der Waals surface area contributed by atoms with Gasteiger partial charge in [-0.3, -0.25) is 0 Å². The Bertz CT molecular complexity index is 130. The summed E-state index contributed by atoms with van der Waals surface area (Å²) >= 11 is 0. The van der Waals surface area contributed by atoms with Gasteiger partial charge in [-0.25, -0.2) is 0 Å². The normalized spacial score (nSPS) is 14.4.